The maximum absolute atomic E-state index is 5.22. The zero-order valence-corrected chi connectivity index (χ0v) is 9.21. The molecule has 1 atom stereocenters. The molecule has 15 heavy (non-hydrogen) atoms. The molecule has 3 rings (SSSR count). The fourth-order valence-electron chi connectivity index (χ4n) is 1.69. The van der Waals surface area contributed by atoms with Crippen molar-refractivity contribution in [2.75, 3.05) is 13.7 Å². The zero-order valence-electron chi connectivity index (χ0n) is 8.40. The molecule has 1 unspecified atom stereocenters. The van der Waals surface area contributed by atoms with Crippen molar-refractivity contribution in [3.8, 4) is 5.88 Å². The molecule has 2 heterocycles. The smallest absolute Gasteiger partial charge is 0.232 e. The summed E-state index contributed by atoms with van der Waals surface area (Å²) in [6.07, 6.45) is 1.43. The van der Waals surface area contributed by atoms with Gasteiger partial charge in [-0.2, -0.15) is 4.37 Å². The monoisotopic (exact) mass is 221 g/mol. The summed E-state index contributed by atoms with van der Waals surface area (Å²) in [6.45, 7) is 0.900. The molecule has 0 spiro atoms. The van der Waals surface area contributed by atoms with Crippen LogP contribution in [0.25, 0.3) is 10.1 Å². The van der Waals surface area contributed by atoms with Crippen LogP contribution in [0.2, 0.25) is 0 Å². The molecule has 78 valence electrons. The van der Waals surface area contributed by atoms with E-state index in [0.717, 1.165) is 24.3 Å². The number of fused-ring (bicyclic) bond motifs is 1. The largest absolute Gasteiger partial charge is 0.480 e. The molecule has 0 aliphatic carbocycles. The summed E-state index contributed by atoms with van der Waals surface area (Å²) in [5.41, 5.74) is 1.29. The second-order valence-corrected chi connectivity index (χ2v) is 4.49. The molecular formula is C11H11NO2S. The Kier molecular flexibility index (Phi) is 2.11. The number of aromatic nitrogens is 1. The fourth-order valence-corrected chi connectivity index (χ4v) is 2.41. The second-order valence-electron chi connectivity index (χ2n) is 3.68. The lowest BCUT2D eigenvalue weighted by Gasteiger charge is -1.99. The summed E-state index contributed by atoms with van der Waals surface area (Å²) in [4.78, 5) is 0. The Morgan fingerprint density at radius 3 is 3.20 bits per heavy atom. The lowest BCUT2D eigenvalue weighted by atomic mass is 10.1. The van der Waals surface area contributed by atoms with E-state index in [1.165, 1.54) is 21.8 Å². The quantitative estimate of drug-likeness (QED) is 0.745. The molecule has 4 heteroatoms. The number of hydrogen-bond donors (Lipinski definition) is 0. The predicted molar refractivity (Wildman–Crippen MR) is 59.6 cm³/mol. The number of hydrogen-bond acceptors (Lipinski definition) is 4. The molecule has 1 aromatic carbocycles. The summed E-state index contributed by atoms with van der Waals surface area (Å²) in [5.74, 6) is 0.730. The molecule has 0 bridgehead atoms. The van der Waals surface area contributed by atoms with E-state index >= 15 is 0 Å². The van der Waals surface area contributed by atoms with Crippen molar-refractivity contribution in [2.45, 2.75) is 12.5 Å². The van der Waals surface area contributed by atoms with Gasteiger partial charge in [0.2, 0.25) is 5.88 Å². The minimum absolute atomic E-state index is 0.431. The average molecular weight is 221 g/mol. The van der Waals surface area contributed by atoms with Crippen LogP contribution in [0.4, 0.5) is 0 Å². The number of ether oxygens (including phenoxy) is 2. The number of methoxy groups -OCH3 is 1. The van der Waals surface area contributed by atoms with Crippen LogP contribution in [0, 0.1) is 0 Å². The summed E-state index contributed by atoms with van der Waals surface area (Å²) >= 11 is 1.48. The summed E-state index contributed by atoms with van der Waals surface area (Å²) in [5, 5.41) is 1.11. The molecule has 0 radical (unpaired) electrons. The van der Waals surface area contributed by atoms with Crippen LogP contribution < -0.4 is 4.74 Å². The summed E-state index contributed by atoms with van der Waals surface area (Å²) in [7, 11) is 1.66. The summed E-state index contributed by atoms with van der Waals surface area (Å²) in [6, 6.07) is 6.40. The molecular weight excluding hydrogens is 210 g/mol. The molecule has 3 nitrogen and oxygen atoms in total. The molecule has 1 aliphatic heterocycles. The van der Waals surface area contributed by atoms with Crippen LogP contribution in [0.1, 0.15) is 5.56 Å². The van der Waals surface area contributed by atoms with Crippen molar-refractivity contribution in [1.29, 1.82) is 0 Å². The Hall–Kier alpha value is -1.13. The van der Waals surface area contributed by atoms with Gasteiger partial charge < -0.3 is 9.47 Å². The third-order valence-corrected chi connectivity index (χ3v) is 3.37. The van der Waals surface area contributed by atoms with Gasteiger partial charge in [0, 0.05) is 6.42 Å². The fraction of sp³-hybridized carbons (Fsp3) is 0.364. The Labute approximate surface area is 91.8 Å². The molecule has 0 amide bonds. The third-order valence-electron chi connectivity index (χ3n) is 2.56. The van der Waals surface area contributed by atoms with Crippen molar-refractivity contribution in [3.63, 3.8) is 0 Å². The first kappa shape index (κ1) is 9.12. The highest BCUT2D eigenvalue weighted by atomic mass is 32.1. The van der Waals surface area contributed by atoms with Crippen LogP contribution in [0.5, 0.6) is 5.88 Å². The Bertz CT molecular complexity index is 490. The maximum atomic E-state index is 5.22. The normalized spacial score (nSPS) is 19.4. The SMILES string of the molecule is COc1nsc2ccc(CC3CO3)cc12. The first-order valence-corrected chi connectivity index (χ1v) is 5.68. The van der Waals surface area contributed by atoms with Crippen molar-refractivity contribution in [3.05, 3.63) is 23.8 Å². The maximum Gasteiger partial charge on any atom is 0.232 e. The van der Waals surface area contributed by atoms with Crippen molar-refractivity contribution in [1.82, 2.24) is 4.37 Å². The second kappa shape index (κ2) is 3.47. The van der Waals surface area contributed by atoms with Crippen LogP contribution >= 0.6 is 11.5 Å². The molecule has 1 aromatic heterocycles. The third kappa shape index (κ3) is 1.70. The van der Waals surface area contributed by atoms with Crippen LogP contribution in [-0.2, 0) is 11.2 Å². The van der Waals surface area contributed by atoms with Gasteiger partial charge in [-0.3, -0.25) is 0 Å². The number of epoxide rings is 1. The standard InChI is InChI=1S/C11H11NO2S/c1-13-11-9-5-7(4-8-6-14-8)2-3-10(9)15-12-11/h2-3,5,8H,4,6H2,1H3. The minimum Gasteiger partial charge on any atom is -0.480 e. The van der Waals surface area contributed by atoms with Gasteiger partial charge in [0.15, 0.2) is 0 Å². The van der Waals surface area contributed by atoms with Gasteiger partial charge in [0.05, 0.1) is 29.9 Å². The van der Waals surface area contributed by atoms with Crippen LogP contribution in [0.15, 0.2) is 18.2 Å². The lowest BCUT2D eigenvalue weighted by Crippen LogP contribution is -1.92. The Morgan fingerprint density at radius 1 is 1.60 bits per heavy atom. The van der Waals surface area contributed by atoms with E-state index in [1.54, 1.807) is 7.11 Å². The number of nitrogens with zero attached hydrogens (tertiary/aromatic N) is 1. The first-order valence-electron chi connectivity index (χ1n) is 4.91. The number of rotatable bonds is 3. The van der Waals surface area contributed by atoms with Crippen molar-refractivity contribution in [2.24, 2.45) is 0 Å². The predicted octanol–water partition coefficient (Wildman–Crippen LogP) is 2.25. The van der Waals surface area contributed by atoms with E-state index in [2.05, 4.69) is 22.6 Å². The average Bonchev–Trinajstić information content (AvgIpc) is 2.97. The number of benzene rings is 1. The van der Waals surface area contributed by atoms with Crippen molar-refractivity contribution < 1.29 is 9.47 Å². The molecule has 1 saturated heterocycles. The topological polar surface area (TPSA) is 34.6 Å². The highest BCUT2D eigenvalue weighted by Gasteiger charge is 2.22. The van der Waals surface area contributed by atoms with E-state index < -0.39 is 0 Å². The molecule has 2 aromatic rings. The van der Waals surface area contributed by atoms with E-state index in [9.17, 15) is 0 Å². The van der Waals surface area contributed by atoms with E-state index in [0.29, 0.717) is 6.10 Å². The van der Waals surface area contributed by atoms with Gasteiger partial charge in [-0.05, 0) is 29.2 Å². The Balaban J connectivity index is 2.01. The Morgan fingerprint density at radius 2 is 2.47 bits per heavy atom. The molecule has 1 fully saturated rings. The highest BCUT2D eigenvalue weighted by molar-refractivity contribution is 7.13. The molecule has 0 saturated carbocycles. The van der Waals surface area contributed by atoms with Crippen molar-refractivity contribution >= 4 is 21.6 Å². The van der Waals surface area contributed by atoms with Crippen LogP contribution in [-0.4, -0.2) is 24.2 Å². The minimum atomic E-state index is 0.431. The van der Waals surface area contributed by atoms with E-state index in [1.807, 2.05) is 0 Å². The molecule has 0 N–H and O–H groups in total. The van der Waals surface area contributed by atoms with E-state index in [-0.39, 0.29) is 0 Å². The van der Waals surface area contributed by atoms with E-state index in [4.69, 9.17) is 9.47 Å². The first-order chi connectivity index (χ1) is 7.36. The van der Waals surface area contributed by atoms with Gasteiger partial charge in [-0.1, -0.05) is 6.07 Å². The van der Waals surface area contributed by atoms with Crippen LogP contribution in [0.3, 0.4) is 0 Å². The van der Waals surface area contributed by atoms with Gasteiger partial charge in [0.25, 0.3) is 0 Å². The van der Waals surface area contributed by atoms with Gasteiger partial charge in [0.1, 0.15) is 0 Å². The van der Waals surface area contributed by atoms with Gasteiger partial charge in [-0.15, -0.1) is 0 Å². The van der Waals surface area contributed by atoms with Gasteiger partial charge >= 0.3 is 0 Å². The summed E-state index contributed by atoms with van der Waals surface area (Å²) < 4.78 is 15.8. The highest BCUT2D eigenvalue weighted by Crippen LogP contribution is 2.30. The lowest BCUT2D eigenvalue weighted by molar-refractivity contribution is 0.406. The van der Waals surface area contributed by atoms with Gasteiger partial charge in [-0.25, -0.2) is 0 Å². The molecule has 1 aliphatic rings. The zero-order chi connectivity index (χ0) is 10.3.